The first-order chi connectivity index (χ1) is 7.91. The molecule has 0 aliphatic carbocycles. The van der Waals surface area contributed by atoms with Crippen LogP contribution in [0.25, 0.3) is 0 Å². The van der Waals surface area contributed by atoms with Crippen molar-refractivity contribution in [2.24, 2.45) is 5.41 Å². The Morgan fingerprint density at radius 3 is 2.29 bits per heavy atom. The molecule has 0 rings (SSSR count). The zero-order chi connectivity index (χ0) is 13.5. The number of nitriles is 1. The Morgan fingerprint density at radius 1 is 1.41 bits per heavy atom. The van der Waals surface area contributed by atoms with Crippen LogP contribution in [0.15, 0.2) is 0 Å². The zero-order valence-electron chi connectivity index (χ0n) is 10.6. The Labute approximate surface area is 102 Å². The third kappa shape index (κ3) is 4.43. The van der Waals surface area contributed by atoms with Crippen LogP contribution >= 0.6 is 0 Å². The van der Waals surface area contributed by atoms with E-state index < -0.39 is 11.4 Å². The van der Waals surface area contributed by atoms with E-state index in [4.69, 9.17) is 5.26 Å². The Balaban J connectivity index is 4.53. The van der Waals surface area contributed by atoms with Crippen LogP contribution < -0.4 is 5.32 Å². The van der Waals surface area contributed by atoms with E-state index in [-0.39, 0.29) is 24.8 Å². The largest absolute Gasteiger partial charge is 0.481 e. The van der Waals surface area contributed by atoms with Crippen molar-refractivity contribution in [2.75, 3.05) is 0 Å². The SMILES string of the molecule is CCC(CC)(CC(=O)NC(C)CC#N)C(=O)O. The van der Waals surface area contributed by atoms with E-state index in [1.807, 2.05) is 6.07 Å². The van der Waals surface area contributed by atoms with Gasteiger partial charge >= 0.3 is 5.97 Å². The van der Waals surface area contributed by atoms with Crippen LogP contribution in [-0.4, -0.2) is 23.0 Å². The fourth-order valence-electron chi connectivity index (χ4n) is 1.70. The lowest BCUT2D eigenvalue weighted by Crippen LogP contribution is -2.39. The maximum absolute atomic E-state index is 11.7. The summed E-state index contributed by atoms with van der Waals surface area (Å²) in [7, 11) is 0. The van der Waals surface area contributed by atoms with Gasteiger partial charge in [-0.2, -0.15) is 5.26 Å². The fraction of sp³-hybridized carbons (Fsp3) is 0.750. The van der Waals surface area contributed by atoms with Crippen molar-refractivity contribution in [3.05, 3.63) is 0 Å². The van der Waals surface area contributed by atoms with Gasteiger partial charge in [0.05, 0.1) is 17.9 Å². The highest BCUT2D eigenvalue weighted by atomic mass is 16.4. The smallest absolute Gasteiger partial charge is 0.310 e. The number of nitrogens with one attached hydrogen (secondary N) is 1. The first-order valence-electron chi connectivity index (χ1n) is 5.81. The molecule has 0 fully saturated rings. The van der Waals surface area contributed by atoms with Gasteiger partial charge in [0.15, 0.2) is 0 Å². The molecule has 5 heteroatoms. The minimum atomic E-state index is -0.990. The molecule has 96 valence electrons. The Hall–Kier alpha value is -1.57. The van der Waals surface area contributed by atoms with Crippen molar-refractivity contribution in [1.29, 1.82) is 5.26 Å². The minimum Gasteiger partial charge on any atom is -0.481 e. The second kappa shape index (κ2) is 6.89. The van der Waals surface area contributed by atoms with Gasteiger partial charge in [0.25, 0.3) is 0 Å². The van der Waals surface area contributed by atoms with Gasteiger partial charge in [-0.25, -0.2) is 0 Å². The molecule has 0 saturated carbocycles. The summed E-state index contributed by atoms with van der Waals surface area (Å²) < 4.78 is 0. The Bertz CT molecular complexity index is 316. The lowest BCUT2D eigenvalue weighted by molar-refractivity contribution is -0.152. The normalized spacial score (nSPS) is 12.6. The van der Waals surface area contributed by atoms with Crippen molar-refractivity contribution in [1.82, 2.24) is 5.32 Å². The molecule has 1 amide bonds. The van der Waals surface area contributed by atoms with Gasteiger partial charge in [-0.3, -0.25) is 9.59 Å². The van der Waals surface area contributed by atoms with Crippen LogP contribution in [0.2, 0.25) is 0 Å². The Kier molecular flexibility index (Phi) is 6.26. The maximum Gasteiger partial charge on any atom is 0.310 e. The third-order valence-electron chi connectivity index (χ3n) is 3.11. The molecule has 0 aromatic rings. The molecular formula is C12H20N2O3. The van der Waals surface area contributed by atoms with E-state index in [1.54, 1.807) is 20.8 Å². The first kappa shape index (κ1) is 15.4. The molecule has 0 aliphatic heterocycles. The van der Waals surface area contributed by atoms with Crippen molar-refractivity contribution in [2.45, 2.75) is 52.5 Å². The molecule has 0 saturated heterocycles. The van der Waals surface area contributed by atoms with Crippen molar-refractivity contribution < 1.29 is 14.7 Å². The summed E-state index contributed by atoms with van der Waals surface area (Å²) in [6, 6.07) is 1.71. The molecule has 2 N–H and O–H groups in total. The molecule has 0 aromatic carbocycles. The maximum atomic E-state index is 11.7. The summed E-state index contributed by atoms with van der Waals surface area (Å²) in [5.41, 5.74) is -0.990. The quantitative estimate of drug-likeness (QED) is 0.708. The average Bonchev–Trinajstić information content (AvgIpc) is 2.25. The van der Waals surface area contributed by atoms with E-state index in [2.05, 4.69) is 5.32 Å². The lowest BCUT2D eigenvalue weighted by Gasteiger charge is -2.26. The lowest BCUT2D eigenvalue weighted by atomic mass is 9.79. The number of rotatable bonds is 7. The topological polar surface area (TPSA) is 90.2 Å². The number of hydrogen-bond acceptors (Lipinski definition) is 3. The summed E-state index contributed by atoms with van der Waals surface area (Å²) in [5.74, 6) is -1.25. The van der Waals surface area contributed by atoms with Crippen LogP contribution in [0.1, 0.15) is 46.5 Å². The summed E-state index contributed by atoms with van der Waals surface area (Å²) in [6.45, 7) is 5.26. The summed E-state index contributed by atoms with van der Waals surface area (Å²) in [4.78, 5) is 22.9. The standard InChI is InChI=1S/C12H20N2O3/c1-4-12(5-2,11(16)17)8-10(15)14-9(3)6-7-13/h9H,4-6,8H2,1-3H3,(H,14,15)(H,16,17). The highest BCUT2D eigenvalue weighted by molar-refractivity contribution is 5.85. The monoisotopic (exact) mass is 240 g/mol. The van der Waals surface area contributed by atoms with Gasteiger partial charge < -0.3 is 10.4 Å². The van der Waals surface area contributed by atoms with Gasteiger partial charge in [-0.15, -0.1) is 0 Å². The van der Waals surface area contributed by atoms with Gasteiger partial charge in [0, 0.05) is 12.5 Å². The number of carbonyl (C=O) groups excluding carboxylic acids is 1. The third-order valence-corrected chi connectivity index (χ3v) is 3.11. The van der Waals surface area contributed by atoms with Crippen LogP contribution in [0.3, 0.4) is 0 Å². The van der Waals surface area contributed by atoms with E-state index in [0.717, 1.165) is 0 Å². The second-order valence-corrected chi connectivity index (χ2v) is 4.30. The molecule has 0 aromatic heterocycles. The molecule has 0 spiro atoms. The number of carbonyl (C=O) groups is 2. The molecule has 5 nitrogen and oxygen atoms in total. The van der Waals surface area contributed by atoms with Crippen LogP contribution in [0.5, 0.6) is 0 Å². The molecule has 17 heavy (non-hydrogen) atoms. The van der Waals surface area contributed by atoms with E-state index in [1.165, 1.54) is 0 Å². The summed E-state index contributed by atoms with van der Waals surface area (Å²) >= 11 is 0. The number of nitrogens with zero attached hydrogens (tertiary/aromatic N) is 1. The predicted octanol–water partition coefficient (Wildman–Crippen LogP) is 1.69. The molecule has 0 bridgehead atoms. The van der Waals surface area contributed by atoms with Crippen molar-refractivity contribution in [3.8, 4) is 6.07 Å². The first-order valence-corrected chi connectivity index (χ1v) is 5.81. The average molecular weight is 240 g/mol. The molecule has 0 heterocycles. The van der Waals surface area contributed by atoms with Crippen LogP contribution in [-0.2, 0) is 9.59 Å². The predicted molar refractivity (Wildman–Crippen MR) is 63.1 cm³/mol. The van der Waals surface area contributed by atoms with E-state index in [9.17, 15) is 14.7 Å². The molecule has 1 unspecified atom stereocenters. The summed E-state index contributed by atoms with van der Waals surface area (Å²) in [6.07, 6.45) is 1.02. The number of hydrogen-bond donors (Lipinski definition) is 2. The van der Waals surface area contributed by atoms with Gasteiger partial charge in [0.1, 0.15) is 0 Å². The molecule has 0 radical (unpaired) electrons. The molecular weight excluding hydrogens is 220 g/mol. The van der Waals surface area contributed by atoms with Gasteiger partial charge in [-0.05, 0) is 19.8 Å². The fourth-order valence-corrected chi connectivity index (χ4v) is 1.70. The second-order valence-electron chi connectivity index (χ2n) is 4.30. The Morgan fingerprint density at radius 2 is 1.94 bits per heavy atom. The van der Waals surface area contributed by atoms with E-state index in [0.29, 0.717) is 12.8 Å². The molecule has 0 aliphatic rings. The summed E-state index contributed by atoms with van der Waals surface area (Å²) in [5, 5.41) is 20.3. The minimum absolute atomic E-state index is 0.0366. The van der Waals surface area contributed by atoms with Crippen LogP contribution in [0, 0.1) is 16.7 Å². The highest BCUT2D eigenvalue weighted by Gasteiger charge is 2.37. The van der Waals surface area contributed by atoms with Gasteiger partial charge in [0.2, 0.25) is 5.91 Å². The molecule has 1 atom stereocenters. The van der Waals surface area contributed by atoms with E-state index >= 15 is 0 Å². The number of amides is 1. The zero-order valence-corrected chi connectivity index (χ0v) is 10.6. The van der Waals surface area contributed by atoms with Crippen molar-refractivity contribution >= 4 is 11.9 Å². The van der Waals surface area contributed by atoms with Gasteiger partial charge in [-0.1, -0.05) is 13.8 Å². The van der Waals surface area contributed by atoms with Crippen LogP contribution in [0.4, 0.5) is 0 Å². The number of aliphatic carboxylic acids is 1. The number of carboxylic acids is 1. The highest BCUT2D eigenvalue weighted by Crippen LogP contribution is 2.30. The van der Waals surface area contributed by atoms with Crippen molar-refractivity contribution in [3.63, 3.8) is 0 Å². The number of carboxylic acid groups (broad SMARTS) is 1.